The second kappa shape index (κ2) is 6.17. The van der Waals surface area contributed by atoms with Crippen LogP contribution < -0.4 is 0 Å². The highest BCUT2D eigenvalue weighted by Gasteiger charge is 1.99. The van der Waals surface area contributed by atoms with Gasteiger partial charge in [0.25, 0.3) is 0 Å². The molecule has 0 radical (unpaired) electrons. The summed E-state index contributed by atoms with van der Waals surface area (Å²) in [5.41, 5.74) is 3.35. The molecular weight excluding hydrogens is 244 g/mol. The molecule has 0 aliphatic carbocycles. The van der Waals surface area contributed by atoms with Crippen LogP contribution in [-0.4, -0.2) is 12.6 Å². The SMILES string of the molecule is CCOC(=O)C=Cc1cccc(-c2ccsc2)c1. The second-order valence-electron chi connectivity index (χ2n) is 3.72. The van der Waals surface area contributed by atoms with Crippen LogP contribution in [0, 0.1) is 0 Å². The fourth-order valence-corrected chi connectivity index (χ4v) is 2.27. The maximum atomic E-state index is 11.2. The molecule has 3 heteroatoms. The number of hydrogen-bond donors (Lipinski definition) is 0. The van der Waals surface area contributed by atoms with Crippen LogP contribution in [0.2, 0.25) is 0 Å². The van der Waals surface area contributed by atoms with Crippen LogP contribution in [-0.2, 0) is 9.53 Å². The van der Waals surface area contributed by atoms with Gasteiger partial charge in [0.05, 0.1) is 6.61 Å². The minimum absolute atomic E-state index is 0.307. The van der Waals surface area contributed by atoms with Gasteiger partial charge >= 0.3 is 5.97 Å². The van der Waals surface area contributed by atoms with Crippen molar-refractivity contribution in [1.82, 2.24) is 0 Å². The van der Waals surface area contributed by atoms with Gasteiger partial charge in [-0.1, -0.05) is 18.2 Å². The Kier molecular flexibility index (Phi) is 4.31. The summed E-state index contributed by atoms with van der Waals surface area (Å²) >= 11 is 1.67. The molecule has 1 heterocycles. The van der Waals surface area contributed by atoms with Crippen LogP contribution in [0.25, 0.3) is 17.2 Å². The Labute approximate surface area is 111 Å². The quantitative estimate of drug-likeness (QED) is 0.612. The minimum atomic E-state index is -0.307. The molecule has 0 amide bonds. The average Bonchev–Trinajstić information content (AvgIpc) is 2.91. The van der Waals surface area contributed by atoms with Gasteiger partial charge in [-0.25, -0.2) is 4.79 Å². The normalized spacial score (nSPS) is 10.7. The van der Waals surface area contributed by atoms with Gasteiger partial charge < -0.3 is 4.74 Å². The Hall–Kier alpha value is -1.87. The summed E-state index contributed by atoms with van der Waals surface area (Å²) in [6, 6.07) is 10.1. The molecule has 18 heavy (non-hydrogen) atoms. The molecule has 2 nitrogen and oxygen atoms in total. The summed E-state index contributed by atoms with van der Waals surface area (Å²) in [5, 5.41) is 4.16. The fourth-order valence-electron chi connectivity index (χ4n) is 1.61. The van der Waals surface area contributed by atoms with Crippen molar-refractivity contribution < 1.29 is 9.53 Å². The highest BCUT2D eigenvalue weighted by atomic mass is 32.1. The Morgan fingerprint density at radius 2 is 2.22 bits per heavy atom. The molecule has 0 saturated heterocycles. The molecule has 0 fully saturated rings. The van der Waals surface area contributed by atoms with E-state index in [1.807, 2.05) is 12.1 Å². The molecule has 0 aliphatic rings. The van der Waals surface area contributed by atoms with Crippen LogP contribution in [0.4, 0.5) is 0 Å². The van der Waals surface area contributed by atoms with Crippen molar-refractivity contribution in [3.8, 4) is 11.1 Å². The molecule has 0 bridgehead atoms. The fraction of sp³-hybridized carbons (Fsp3) is 0.133. The Morgan fingerprint density at radius 3 is 2.94 bits per heavy atom. The number of carbonyl (C=O) groups is 1. The lowest BCUT2D eigenvalue weighted by atomic mass is 10.1. The molecule has 1 aromatic heterocycles. The lowest BCUT2D eigenvalue weighted by Gasteiger charge is -2.00. The first-order chi connectivity index (χ1) is 8.79. The maximum Gasteiger partial charge on any atom is 0.330 e. The highest BCUT2D eigenvalue weighted by Crippen LogP contribution is 2.23. The van der Waals surface area contributed by atoms with E-state index in [0.29, 0.717) is 6.61 Å². The van der Waals surface area contributed by atoms with Gasteiger partial charge in [-0.2, -0.15) is 11.3 Å². The summed E-state index contributed by atoms with van der Waals surface area (Å²) < 4.78 is 4.84. The van der Waals surface area contributed by atoms with Crippen LogP contribution >= 0.6 is 11.3 Å². The van der Waals surface area contributed by atoms with Gasteiger partial charge in [-0.3, -0.25) is 0 Å². The van der Waals surface area contributed by atoms with Crippen molar-refractivity contribution >= 4 is 23.4 Å². The van der Waals surface area contributed by atoms with Crippen molar-refractivity contribution in [3.63, 3.8) is 0 Å². The zero-order valence-corrected chi connectivity index (χ0v) is 10.9. The smallest absolute Gasteiger partial charge is 0.330 e. The van der Waals surface area contributed by atoms with E-state index in [1.165, 1.54) is 11.6 Å². The van der Waals surface area contributed by atoms with E-state index >= 15 is 0 Å². The number of rotatable bonds is 4. The number of hydrogen-bond acceptors (Lipinski definition) is 3. The molecule has 0 atom stereocenters. The zero-order valence-electron chi connectivity index (χ0n) is 10.1. The molecule has 0 aliphatic heterocycles. The molecule has 1 aromatic carbocycles. The molecule has 2 aromatic rings. The van der Waals surface area contributed by atoms with Gasteiger partial charge in [0.15, 0.2) is 0 Å². The Bertz CT molecular complexity index is 541. The van der Waals surface area contributed by atoms with Gasteiger partial charge in [-0.05, 0) is 52.6 Å². The lowest BCUT2D eigenvalue weighted by molar-refractivity contribution is -0.137. The first-order valence-corrected chi connectivity index (χ1v) is 6.71. The third kappa shape index (κ3) is 3.31. The predicted molar refractivity (Wildman–Crippen MR) is 75.4 cm³/mol. The molecule has 0 N–H and O–H groups in total. The van der Waals surface area contributed by atoms with Crippen molar-refractivity contribution in [2.75, 3.05) is 6.61 Å². The summed E-state index contributed by atoms with van der Waals surface area (Å²) in [7, 11) is 0. The molecule has 0 unspecified atom stereocenters. The number of ether oxygens (including phenoxy) is 1. The van der Waals surface area contributed by atoms with E-state index in [-0.39, 0.29) is 5.97 Å². The van der Waals surface area contributed by atoms with Crippen molar-refractivity contribution in [1.29, 1.82) is 0 Å². The number of benzene rings is 1. The number of esters is 1. The summed E-state index contributed by atoms with van der Waals surface area (Å²) in [6.45, 7) is 2.20. The molecule has 0 saturated carbocycles. The van der Waals surface area contributed by atoms with Gasteiger partial charge in [0.1, 0.15) is 0 Å². The highest BCUT2D eigenvalue weighted by molar-refractivity contribution is 7.08. The largest absolute Gasteiger partial charge is 0.463 e. The molecular formula is C15H14O2S. The third-order valence-electron chi connectivity index (χ3n) is 2.44. The lowest BCUT2D eigenvalue weighted by Crippen LogP contribution is -1.98. The average molecular weight is 258 g/mol. The summed E-state index contributed by atoms with van der Waals surface area (Å²) in [4.78, 5) is 11.2. The van der Waals surface area contributed by atoms with E-state index in [9.17, 15) is 4.79 Å². The minimum Gasteiger partial charge on any atom is -0.463 e. The van der Waals surface area contributed by atoms with E-state index in [0.717, 1.165) is 11.1 Å². The summed E-state index contributed by atoms with van der Waals surface area (Å²) in [5.74, 6) is -0.307. The van der Waals surface area contributed by atoms with Gasteiger partial charge in [0, 0.05) is 6.08 Å². The van der Waals surface area contributed by atoms with E-state index in [4.69, 9.17) is 4.74 Å². The van der Waals surface area contributed by atoms with Crippen LogP contribution in [0.1, 0.15) is 12.5 Å². The maximum absolute atomic E-state index is 11.2. The molecule has 0 spiro atoms. The Morgan fingerprint density at radius 1 is 1.33 bits per heavy atom. The van der Waals surface area contributed by atoms with Crippen LogP contribution in [0.5, 0.6) is 0 Å². The topological polar surface area (TPSA) is 26.3 Å². The summed E-state index contributed by atoms with van der Waals surface area (Å²) in [6.07, 6.45) is 3.23. The monoisotopic (exact) mass is 258 g/mol. The molecule has 92 valence electrons. The standard InChI is InChI=1S/C15H14O2S/c1-2-17-15(16)7-6-12-4-3-5-13(10-12)14-8-9-18-11-14/h3-11H,2H2,1H3. The van der Waals surface area contributed by atoms with E-state index in [2.05, 4.69) is 29.0 Å². The van der Waals surface area contributed by atoms with E-state index in [1.54, 1.807) is 24.3 Å². The van der Waals surface area contributed by atoms with Crippen molar-refractivity contribution in [2.24, 2.45) is 0 Å². The first kappa shape index (κ1) is 12.6. The van der Waals surface area contributed by atoms with Crippen LogP contribution in [0.3, 0.4) is 0 Å². The molecule has 2 rings (SSSR count). The second-order valence-corrected chi connectivity index (χ2v) is 4.50. The van der Waals surface area contributed by atoms with Gasteiger partial charge in [-0.15, -0.1) is 0 Å². The van der Waals surface area contributed by atoms with Crippen molar-refractivity contribution in [3.05, 3.63) is 52.7 Å². The van der Waals surface area contributed by atoms with Crippen molar-refractivity contribution in [2.45, 2.75) is 6.92 Å². The van der Waals surface area contributed by atoms with Gasteiger partial charge in [0.2, 0.25) is 0 Å². The zero-order chi connectivity index (χ0) is 12.8. The van der Waals surface area contributed by atoms with E-state index < -0.39 is 0 Å². The Balaban J connectivity index is 2.15. The third-order valence-corrected chi connectivity index (χ3v) is 3.12. The first-order valence-electron chi connectivity index (χ1n) is 5.77. The predicted octanol–water partition coefficient (Wildman–Crippen LogP) is 3.99. The van der Waals surface area contributed by atoms with Crippen LogP contribution in [0.15, 0.2) is 47.2 Å². The number of thiophene rings is 1. The number of carbonyl (C=O) groups excluding carboxylic acids is 1.